The maximum atomic E-state index is 5.32. The molecule has 19 heavy (non-hydrogen) atoms. The van der Waals surface area contributed by atoms with E-state index in [2.05, 4.69) is 15.5 Å². The smallest absolute Gasteiger partial charge is 0.246 e. The lowest BCUT2D eigenvalue weighted by molar-refractivity contribution is 0.281. The number of rotatable bonds is 4. The van der Waals surface area contributed by atoms with Crippen LogP contribution in [0.2, 0.25) is 0 Å². The predicted molar refractivity (Wildman–Crippen MR) is 73.1 cm³/mol. The first-order chi connectivity index (χ1) is 8.97. The Labute approximate surface area is 113 Å². The summed E-state index contributed by atoms with van der Waals surface area (Å²) >= 11 is 0. The van der Waals surface area contributed by atoms with Crippen LogP contribution in [-0.4, -0.2) is 24.3 Å². The fourth-order valence-corrected chi connectivity index (χ4v) is 1.72. The molecule has 0 spiro atoms. The fourth-order valence-electron chi connectivity index (χ4n) is 1.72. The third-order valence-corrected chi connectivity index (χ3v) is 3.24. The van der Waals surface area contributed by atoms with E-state index < -0.39 is 0 Å². The molecule has 0 amide bonds. The summed E-state index contributed by atoms with van der Waals surface area (Å²) in [5.41, 5.74) is 1.62. The first kappa shape index (κ1) is 13.5. The van der Waals surface area contributed by atoms with E-state index >= 15 is 0 Å². The van der Waals surface area contributed by atoms with Gasteiger partial charge in [-0.1, -0.05) is 5.16 Å². The second-order valence-corrected chi connectivity index (χ2v) is 4.98. The topological polar surface area (TPSA) is 60.2 Å². The minimum absolute atomic E-state index is 0.341. The van der Waals surface area contributed by atoms with E-state index in [1.165, 1.54) is 0 Å². The third-order valence-electron chi connectivity index (χ3n) is 3.24. The number of methoxy groups -OCH3 is 1. The van der Waals surface area contributed by atoms with Gasteiger partial charge in [0.2, 0.25) is 11.7 Å². The van der Waals surface area contributed by atoms with Crippen molar-refractivity contribution in [2.75, 3.05) is 14.2 Å². The SMILES string of the molecule is CNC(C)(C)c1nc(-c2ccc(OC)c(C)c2)no1. The van der Waals surface area contributed by atoms with Crippen LogP contribution in [0.3, 0.4) is 0 Å². The average molecular weight is 261 g/mol. The zero-order valence-electron chi connectivity index (χ0n) is 11.9. The molecule has 0 saturated carbocycles. The van der Waals surface area contributed by atoms with Gasteiger partial charge in [0, 0.05) is 5.56 Å². The number of hydrogen-bond donors (Lipinski definition) is 1. The number of hydrogen-bond acceptors (Lipinski definition) is 5. The molecular formula is C14H19N3O2. The number of nitrogens with one attached hydrogen (secondary N) is 1. The second-order valence-electron chi connectivity index (χ2n) is 4.98. The highest BCUT2D eigenvalue weighted by molar-refractivity contribution is 5.58. The number of benzene rings is 1. The summed E-state index contributed by atoms with van der Waals surface area (Å²) in [6.07, 6.45) is 0. The Balaban J connectivity index is 2.36. The highest BCUT2D eigenvalue weighted by Crippen LogP contribution is 2.26. The maximum Gasteiger partial charge on any atom is 0.246 e. The van der Waals surface area contributed by atoms with Crippen molar-refractivity contribution in [2.24, 2.45) is 0 Å². The number of ether oxygens (including phenoxy) is 1. The van der Waals surface area contributed by atoms with E-state index in [1.807, 2.05) is 46.0 Å². The molecule has 1 aromatic heterocycles. The van der Waals surface area contributed by atoms with Crippen LogP contribution in [0.15, 0.2) is 22.7 Å². The summed E-state index contributed by atoms with van der Waals surface area (Å²) in [7, 11) is 3.52. The molecule has 0 unspecified atom stereocenters. The predicted octanol–water partition coefficient (Wildman–Crippen LogP) is 2.51. The molecule has 5 nitrogen and oxygen atoms in total. The lowest BCUT2D eigenvalue weighted by atomic mass is 10.1. The van der Waals surface area contributed by atoms with Crippen LogP contribution in [0.4, 0.5) is 0 Å². The monoisotopic (exact) mass is 261 g/mol. The summed E-state index contributed by atoms with van der Waals surface area (Å²) in [4.78, 5) is 4.44. The largest absolute Gasteiger partial charge is 0.496 e. The summed E-state index contributed by atoms with van der Waals surface area (Å²) in [6.45, 7) is 5.97. The Bertz CT molecular complexity index is 576. The summed E-state index contributed by atoms with van der Waals surface area (Å²) in [6, 6.07) is 5.82. The zero-order valence-corrected chi connectivity index (χ0v) is 11.9. The zero-order chi connectivity index (χ0) is 14.0. The lowest BCUT2D eigenvalue weighted by Gasteiger charge is -2.17. The molecule has 1 aromatic carbocycles. The summed E-state index contributed by atoms with van der Waals surface area (Å²) in [5, 5.41) is 7.17. The van der Waals surface area contributed by atoms with Crippen molar-refractivity contribution in [1.82, 2.24) is 15.5 Å². The number of aryl methyl sites for hydroxylation is 1. The number of nitrogens with zero attached hydrogens (tertiary/aromatic N) is 2. The molecule has 2 aromatic rings. The van der Waals surface area contributed by atoms with Crippen molar-refractivity contribution in [3.05, 3.63) is 29.7 Å². The first-order valence-corrected chi connectivity index (χ1v) is 6.16. The van der Waals surface area contributed by atoms with Gasteiger partial charge in [0.05, 0.1) is 12.6 Å². The van der Waals surface area contributed by atoms with Gasteiger partial charge < -0.3 is 14.6 Å². The Hall–Kier alpha value is -1.88. The fraction of sp³-hybridized carbons (Fsp3) is 0.429. The van der Waals surface area contributed by atoms with E-state index in [0.717, 1.165) is 16.9 Å². The molecule has 0 bridgehead atoms. The summed E-state index contributed by atoms with van der Waals surface area (Å²) in [5.74, 6) is 2.01. The van der Waals surface area contributed by atoms with Gasteiger partial charge in [-0.2, -0.15) is 4.98 Å². The van der Waals surface area contributed by atoms with Gasteiger partial charge in [0.25, 0.3) is 0 Å². The molecule has 0 saturated heterocycles. The average Bonchev–Trinajstić information content (AvgIpc) is 2.89. The maximum absolute atomic E-state index is 5.32. The molecule has 0 aliphatic rings. The van der Waals surface area contributed by atoms with E-state index in [0.29, 0.717) is 11.7 Å². The van der Waals surface area contributed by atoms with Crippen molar-refractivity contribution in [3.8, 4) is 17.1 Å². The van der Waals surface area contributed by atoms with E-state index in [-0.39, 0.29) is 5.54 Å². The van der Waals surface area contributed by atoms with Gasteiger partial charge in [-0.05, 0) is 51.6 Å². The molecule has 0 fully saturated rings. The van der Waals surface area contributed by atoms with Gasteiger partial charge in [-0.15, -0.1) is 0 Å². The van der Waals surface area contributed by atoms with Crippen LogP contribution in [0.1, 0.15) is 25.3 Å². The van der Waals surface area contributed by atoms with Gasteiger partial charge in [0.15, 0.2) is 0 Å². The molecule has 1 heterocycles. The molecule has 1 N–H and O–H groups in total. The standard InChI is InChI=1S/C14H19N3O2/c1-9-8-10(6-7-11(9)18-5)12-16-13(19-17-12)14(2,3)15-4/h6-8,15H,1-5H3. The molecule has 5 heteroatoms. The molecule has 0 atom stereocenters. The highest BCUT2D eigenvalue weighted by Gasteiger charge is 2.25. The normalized spacial score (nSPS) is 11.6. The Kier molecular flexibility index (Phi) is 3.57. The third kappa shape index (κ3) is 2.61. The highest BCUT2D eigenvalue weighted by atomic mass is 16.5. The molecule has 0 aliphatic heterocycles. The van der Waals surface area contributed by atoms with E-state index in [9.17, 15) is 0 Å². The van der Waals surface area contributed by atoms with Crippen molar-refractivity contribution in [1.29, 1.82) is 0 Å². The van der Waals surface area contributed by atoms with Crippen molar-refractivity contribution in [3.63, 3.8) is 0 Å². The van der Waals surface area contributed by atoms with Crippen molar-refractivity contribution < 1.29 is 9.26 Å². The molecule has 102 valence electrons. The van der Waals surface area contributed by atoms with Crippen LogP contribution in [0, 0.1) is 6.92 Å². The van der Waals surface area contributed by atoms with Gasteiger partial charge >= 0.3 is 0 Å². The van der Waals surface area contributed by atoms with E-state index in [1.54, 1.807) is 7.11 Å². The van der Waals surface area contributed by atoms with E-state index in [4.69, 9.17) is 9.26 Å². The van der Waals surface area contributed by atoms with Crippen LogP contribution in [0.25, 0.3) is 11.4 Å². The van der Waals surface area contributed by atoms with Gasteiger partial charge in [-0.25, -0.2) is 0 Å². The van der Waals surface area contributed by atoms with Crippen LogP contribution >= 0.6 is 0 Å². The van der Waals surface area contributed by atoms with Crippen LogP contribution < -0.4 is 10.1 Å². The Morgan fingerprint density at radius 2 is 2.05 bits per heavy atom. The van der Waals surface area contributed by atoms with Gasteiger partial charge in [0.1, 0.15) is 5.75 Å². The quantitative estimate of drug-likeness (QED) is 0.916. The first-order valence-electron chi connectivity index (χ1n) is 6.16. The number of aromatic nitrogens is 2. The molecule has 0 radical (unpaired) electrons. The lowest BCUT2D eigenvalue weighted by Crippen LogP contribution is -2.33. The Morgan fingerprint density at radius 1 is 1.32 bits per heavy atom. The minimum Gasteiger partial charge on any atom is -0.496 e. The minimum atomic E-state index is -0.341. The molecular weight excluding hydrogens is 242 g/mol. The van der Waals surface area contributed by atoms with Crippen molar-refractivity contribution in [2.45, 2.75) is 26.3 Å². The van der Waals surface area contributed by atoms with Crippen molar-refractivity contribution >= 4 is 0 Å². The molecule has 0 aliphatic carbocycles. The Morgan fingerprint density at radius 3 is 2.63 bits per heavy atom. The molecule has 2 rings (SSSR count). The van der Waals surface area contributed by atoms with Crippen LogP contribution in [0.5, 0.6) is 5.75 Å². The summed E-state index contributed by atoms with van der Waals surface area (Å²) < 4.78 is 10.6. The van der Waals surface area contributed by atoms with Gasteiger partial charge in [-0.3, -0.25) is 0 Å². The van der Waals surface area contributed by atoms with Crippen LogP contribution in [-0.2, 0) is 5.54 Å². The second kappa shape index (κ2) is 5.01.